The molecular weight excluding hydrogens is 360 g/mol. The first-order chi connectivity index (χ1) is 13.9. The minimum atomic E-state index is 0.274. The van der Waals surface area contributed by atoms with Crippen LogP contribution in [0.3, 0.4) is 0 Å². The van der Waals surface area contributed by atoms with Gasteiger partial charge >= 0.3 is 0 Å². The van der Waals surface area contributed by atoms with Crippen molar-refractivity contribution in [2.45, 2.75) is 76.2 Å². The Bertz CT molecular complexity index is 684. The first-order valence-corrected chi connectivity index (χ1v) is 11.4. The second-order valence-corrected chi connectivity index (χ2v) is 9.14. The van der Waals surface area contributed by atoms with Crippen molar-refractivity contribution < 1.29 is 0 Å². The third-order valence-electron chi connectivity index (χ3n) is 4.30. The molecule has 0 spiro atoms. The first kappa shape index (κ1) is 30.1. The lowest BCUT2D eigenvalue weighted by molar-refractivity contribution is 0.516. The lowest BCUT2D eigenvalue weighted by atomic mass is 9.87. The molecule has 168 valence electrons. The Morgan fingerprint density at radius 3 is 1.27 bits per heavy atom. The van der Waals surface area contributed by atoms with Crippen LogP contribution in [0.4, 0.5) is 0 Å². The van der Waals surface area contributed by atoms with Gasteiger partial charge in [-0.1, -0.05) is 150 Å². The van der Waals surface area contributed by atoms with Crippen LogP contribution >= 0.6 is 0 Å². The zero-order valence-corrected chi connectivity index (χ0v) is 21.8. The molecule has 3 aliphatic rings. The Hall–Kier alpha value is -2.08. The molecule has 0 saturated carbocycles. The maximum Gasteiger partial charge on any atom is -0.00726 e. The van der Waals surface area contributed by atoms with Gasteiger partial charge in [0.15, 0.2) is 0 Å². The molecule has 3 aliphatic carbocycles. The van der Waals surface area contributed by atoms with E-state index in [1.807, 2.05) is 52.0 Å². The van der Waals surface area contributed by atoms with Crippen LogP contribution in [-0.4, -0.2) is 0 Å². The molecule has 1 atom stereocenters. The fourth-order valence-corrected chi connectivity index (χ4v) is 2.52. The zero-order chi connectivity index (χ0) is 24.0. The van der Waals surface area contributed by atoms with Gasteiger partial charge in [-0.05, 0) is 39.0 Å². The minimum Gasteiger partial charge on any atom is -0.0918 e. The number of hydrogen-bond donors (Lipinski definition) is 0. The summed E-state index contributed by atoms with van der Waals surface area (Å²) in [6, 6.07) is 0. The lowest BCUT2D eigenvalue weighted by Gasteiger charge is -2.18. The molecule has 0 radical (unpaired) electrons. The summed E-state index contributed by atoms with van der Waals surface area (Å²) in [5, 5.41) is 0. The van der Waals surface area contributed by atoms with E-state index in [1.165, 1.54) is 11.1 Å². The van der Waals surface area contributed by atoms with Gasteiger partial charge in [0, 0.05) is 0 Å². The van der Waals surface area contributed by atoms with Gasteiger partial charge in [0.25, 0.3) is 0 Å². The first-order valence-electron chi connectivity index (χ1n) is 11.4. The van der Waals surface area contributed by atoms with Gasteiger partial charge in [0.1, 0.15) is 0 Å². The highest BCUT2D eigenvalue weighted by Gasteiger charge is 2.18. The summed E-state index contributed by atoms with van der Waals surface area (Å²) < 4.78 is 0. The van der Waals surface area contributed by atoms with Crippen LogP contribution in [0.25, 0.3) is 0 Å². The van der Waals surface area contributed by atoms with Gasteiger partial charge in [-0.25, -0.2) is 0 Å². The zero-order valence-electron chi connectivity index (χ0n) is 21.8. The quantitative estimate of drug-likeness (QED) is 0.374. The van der Waals surface area contributed by atoms with Crippen LogP contribution < -0.4 is 0 Å². The van der Waals surface area contributed by atoms with Crippen LogP contribution in [0.15, 0.2) is 96.2 Å². The Kier molecular flexibility index (Phi) is 14.9. The van der Waals surface area contributed by atoms with Crippen LogP contribution in [0.5, 0.6) is 0 Å². The van der Waals surface area contributed by atoms with E-state index in [4.69, 9.17) is 0 Å². The highest BCUT2D eigenvalue weighted by atomic mass is 14.2. The van der Waals surface area contributed by atoms with Crippen molar-refractivity contribution in [2.24, 2.45) is 16.7 Å². The molecule has 0 saturated heterocycles. The molecule has 0 bridgehead atoms. The summed E-state index contributed by atoms with van der Waals surface area (Å²) in [7, 11) is 0. The van der Waals surface area contributed by atoms with Crippen LogP contribution in [-0.2, 0) is 0 Å². The Morgan fingerprint density at radius 1 is 0.633 bits per heavy atom. The second kappa shape index (κ2) is 14.8. The molecule has 1 unspecified atom stereocenters. The van der Waals surface area contributed by atoms with Crippen LogP contribution in [0.1, 0.15) is 76.2 Å². The highest BCUT2D eigenvalue weighted by Crippen LogP contribution is 2.31. The third kappa shape index (κ3) is 13.2. The molecule has 3 rings (SSSR count). The van der Waals surface area contributed by atoms with Gasteiger partial charge in [-0.15, -0.1) is 0 Å². The van der Waals surface area contributed by atoms with E-state index in [0.29, 0.717) is 11.3 Å². The summed E-state index contributed by atoms with van der Waals surface area (Å²) in [5.74, 6) is 0.647. The third-order valence-corrected chi connectivity index (χ3v) is 4.30. The van der Waals surface area contributed by atoms with Gasteiger partial charge in [0.05, 0.1) is 0 Å². The summed E-state index contributed by atoms with van der Waals surface area (Å²) in [4.78, 5) is 0. The lowest BCUT2D eigenvalue weighted by Crippen LogP contribution is -2.06. The van der Waals surface area contributed by atoms with Crippen LogP contribution in [0.2, 0.25) is 0 Å². The molecule has 0 heteroatoms. The van der Waals surface area contributed by atoms with E-state index in [2.05, 4.69) is 98.1 Å². The molecule has 0 aromatic heterocycles. The predicted octanol–water partition coefficient (Wildman–Crippen LogP) is 9.97. The van der Waals surface area contributed by atoms with E-state index in [-0.39, 0.29) is 5.41 Å². The van der Waals surface area contributed by atoms with Crippen molar-refractivity contribution in [3.05, 3.63) is 96.2 Å². The number of allylic oxidation sites excluding steroid dienone is 14. The largest absolute Gasteiger partial charge is 0.0918 e. The standard InChI is InChI=1S/C10H16.C10H14.C6H6.2C2H6/c2*1-8-5-6-9(7-8)10(2,3)4;1-6-4-2-3-5-6;2*1-2/h5-8H,1-4H3;5-7H,1H2,2-4H3;2-5H,1H2;2*1-2H3. The van der Waals surface area contributed by atoms with E-state index < -0.39 is 0 Å². The van der Waals surface area contributed by atoms with Crippen molar-refractivity contribution in [3.8, 4) is 0 Å². The predicted molar refractivity (Wildman–Crippen MR) is 142 cm³/mol. The van der Waals surface area contributed by atoms with E-state index in [1.54, 1.807) is 0 Å². The molecule has 30 heavy (non-hydrogen) atoms. The molecule has 0 fully saturated rings. The van der Waals surface area contributed by atoms with E-state index in [0.717, 1.165) is 11.1 Å². The molecule has 0 aliphatic heterocycles. The molecule has 0 amide bonds. The summed E-state index contributed by atoms with van der Waals surface area (Å²) in [6.07, 6.45) is 21.1. The molecule has 0 N–H and O–H groups in total. The average Bonchev–Trinajstić information content (AvgIpc) is 3.41. The molecule has 0 aromatic carbocycles. The van der Waals surface area contributed by atoms with Crippen molar-refractivity contribution in [1.29, 1.82) is 0 Å². The number of hydrogen-bond acceptors (Lipinski definition) is 0. The number of rotatable bonds is 0. The fraction of sp³-hybridized carbons (Fsp3) is 0.467. The summed E-state index contributed by atoms with van der Waals surface area (Å²) in [6.45, 7) is 31.1. The van der Waals surface area contributed by atoms with Gasteiger partial charge in [-0.3, -0.25) is 0 Å². The SMILES string of the molecule is C=C1C=CC(C(C)(C)C)=C1.C=C1C=CC=C1.CC.CC.CC1C=CC(C(C)(C)C)=C1. The van der Waals surface area contributed by atoms with Gasteiger partial charge in [0.2, 0.25) is 0 Å². The van der Waals surface area contributed by atoms with E-state index >= 15 is 0 Å². The normalized spacial score (nSPS) is 18.2. The molecule has 0 aromatic rings. The Morgan fingerprint density at radius 2 is 1.10 bits per heavy atom. The highest BCUT2D eigenvalue weighted by molar-refractivity contribution is 5.46. The monoisotopic (exact) mass is 408 g/mol. The van der Waals surface area contributed by atoms with Crippen molar-refractivity contribution in [2.75, 3.05) is 0 Å². The fourth-order valence-electron chi connectivity index (χ4n) is 2.52. The minimum absolute atomic E-state index is 0.274. The Labute approximate surface area is 189 Å². The van der Waals surface area contributed by atoms with Crippen LogP contribution in [0, 0.1) is 16.7 Å². The maximum absolute atomic E-state index is 3.85. The summed E-state index contributed by atoms with van der Waals surface area (Å²) >= 11 is 0. The average molecular weight is 409 g/mol. The molecular formula is C30H48. The smallest absolute Gasteiger partial charge is 0.00726 e. The summed E-state index contributed by atoms with van der Waals surface area (Å²) in [5.41, 5.74) is 5.66. The van der Waals surface area contributed by atoms with Gasteiger partial charge < -0.3 is 0 Å². The van der Waals surface area contributed by atoms with Gasteiger partial charge in [-0.2, -0.15) is 0 Å². The maximum atomic E-state index is 3.85. The van der Waals surface area contributed by atoms with Crippen molar-refractivity contribution in [3.63, 3.8) is 0 Å². The van der Waals surface area contributed by atoms with Crippen molar-refractivity contribution >= 4 is 0 Å². The molecule has 0 nitrogen and oxygen atoms in total. The van der Waals surface area contributed by atoms with Crippen molar-refractivity contribution in [1.82, 2.24) is 0 Å². The second-order valence-electron chi connectivity index (χ2n) is 9.14. The Balaban J connectivity index is 0. The molecule has 0 heterocycles. The van der Waals surface area contributed by atoms with E-state index in [9.17, 15) is 0 Å². The topological polar surface area (TPSA) is 0 Å².